The first-order valence-corrected chi connectivity index (χ1v) is 8.82. The molecule has 0 spiro atoms. The minimum Gasteiger partial charge on any atom is -0.334 e. The minimum atomic E-state index is 0.539. The lowest BCUT2D eigenvalue weighted by atomic mass is 9.95. The Balaban J connectivity index is 1.63. The fraction of sp³-hybridized carbons (Fsp3) is 0.474. The van der Waals surface area contributed by atoms with E-state index in [0.29, 0.717) is 12.0 Å². The third-order valence-electron chi connectivity index (χ3n) is 5.28. The van der Waals surface area contributed by atoms with Crippen molar-refractivity contribution in [2.24, 2.45) is 7.05 Å². The second kappa shape index (κ2) is 6.06. The molecule has 0 radical (unpaired) electrons. The van der Waals surface area contributed by atoms with Gasteiger partial charge in [-0.25, -0.2) is 9.97 Å². The number of hydrogen-bond donors (Lipinski definition) is 0. The summed E-state index contributed by atoms with van der Waals surface area (Å²) in [5.41, 5.74) is 3.36. The van der Waals surface area contributed by atoms with Crippen LogP contribution in [0.4, 0.5) is 0 Å². The average Bonchev–Trinajstić information content (AvgIpc) is 3.22. The van der Waals surface area contributed by atoms with Gasteiger partial charge in [0.1, 0.15) is 5.82 Å². The quantitative estimate of drug-likeness (QED) is 0.742. The van der Waals surface area contributed by atoms with Gasteiger partial charge in [0.05, 0.1) is 17.4 Å². The Kier molecular flexibility index (Phi) is 3.88. The van der Waals surface area contributed by atoms with Gasteiger partial charge in [-0.3, -0.25) is 0 Å². The Morgan fingerprint density at radius 3 is 2.67 bits per heavy atom. The van der Waals surface area contributed by atoms with Crippen molar-refractivity contribution in [3.63, 3.8) is 0 Å². The van der Waals surface area contributed by atoms with Crippen molar-refractivity contribution in [2.75, 3.05) is 13.1 Å². The molecule has 0 N–H and O–H groups in total. The van der Waals surface area contributed by atoms with E-state index in [1.165, 1.54) is 24.4 Å². The Bertz CT molecular complexity index is 836. The second-order valence-electron chi connectivity index (χ2n) is 7.09. The fourth-order valence-electron chi connectivity index (χ4n) is 3.77. The topological polar surface area (TPSA) is 38.9 Å². The van der Waals surface area contributed by atoms with Crippen molar-refractivity contribution in [1.29, 1.82) is 0 Å². The van der Waals surface area contributed by atoms with Crippen molar-refractivity contribution in [2.45, 2.75) is 38.6 Å². The zero-order valence-corrected chi connectivity index (χ0v) is 14.7. The highest BCUT2D eigenvalue weighted by molar-refractivity contribution is 5.77. The number of imidazole rings is 2. The average molecular weight is 323 g/mol. The molecule has 1 fully saturated rings. The largest absolute Gasteiger partial charge is 0.334 e. The number of likely N-dealkylation sites (tertiary alicyclic amines) is 1. The Morgan fingerprint density at radius 2 is 1.92 bits per heavy atom. The van der Waals surface area contributed by atoms with Gasteiger partial charge in [0, 0.05) is 37.1 Å². The summed E-state index contributed by atoms with van der Waals surface area (Å²) in [5.74, 6) is 1.73. The number of fused-ring (bicyclic) bond motifs is 1. The van der Waals surface area contributed by atoms with Gasteiger partial charge in [-0.1, -0.05) is 0 Å². The van der Waals surface area contributed by atoms with E-state index in [-0.39, 0.29) is 0 Å². The third-order valence-corrected chi connectivity index (χ3v) is 5.28. The SMILES string of the molecule is CC(C)N1CCC(c2nccn2-c2ccc3ncn(C)c3c2)CC1. The fourth-order valence-corrected chi connectivity index (χ4v) is 3.77. The number of benzene rings is 1. The van der Waals surface area contributed by atoms with Gasteiger partial charge in [0.2, 0.25) is 0 Å². The molecule has 0 bridgehead atoms. The van der Waals surface area contributed by atoms with Crippen LogP contribution in [0, 0.1) is 0 Å². The Hall–Kier alpha value is -2.14. The van der Waals surface area contributed by atoms with Crippen LogP contribution in [0.3, 0.4) is 0 Å². The predicted molar refractivity (Wildman–Crippen MR) is 96.5 cm³/mol. The van der Waals surface area contributed by atoms with Crippen LogP contribution in [0.25, 0.3) is 16.7 Å². The zero-order valence-electron chi connectivity index (χ0n) is 14.7. The molecular formula is C19H25N5. The van der Waals surface area contributed by atoms with E-state index < -0.39 is 0 Å². The molecule has 1 aliphatic heterocycles. The summed E-state index contributed by atoms with van der Waals surface area (Å²) in [4.78, 5) is 11.7. The molecule has 1 aliphatic rings. The van der Waals surface area contributed by atoms with Gasteiger partial charge in [-0.15, -0.1) is 0 Å². The summed E-state index contributed by atoms with van der Waals surface area (Å²) < 4.78 is 4.32. The summed E-state index contributed by atoms with van der Waals surface area (Å²) in [6.45, 7) is 6.89. The summed E-state index contributed by atoms with van der Waals surface area (Å²) >= 11 is 0. The highest BCUT2D eigenvalue weighted by Crippen LogP contribution is 2.30. The molecule has 3 aromatic rings. The van der Waals surface area contributed by atoms with Gasteiger partial charge in [0.25, 0.3) is 0 Å². The molecular weight excluding hydrogens is 298 g/mol. The normalized spacial score (nSPS) is 17.2. The van der Waals surface area contributed by atoms with Gasteiger partial charge in [-0.05, 0) is 58.0 Å². The van der Waals surface area contributed by atoms with E-state index >= 15 is 0 Å². The third kappa shape index (κ3) is 2.63. The molecule has 0 aliphatic carbocycles. The van der Waals surface area contributed by atoms with Gasteiger partial charge in [-0.2, -0.15) is 0 Å². The van der Waals surface area contributed by atoms with Crippen LogP contribution in [-0.2, 0) is 7.05 Å². The molecule has 2 aromatic heterocycles. The van der Waals surface area contributed by atoms with Crippen LogP contribution in [0.1, 0.15) is 38.4 Å². The maximum Gasteiger partial charge on any atom is 0.116 e. The summed E-state index contributed by atoms with van der Waals surface area (Å²) in [6.07, 6.45) is 8.25. The maximum atomic E-state index is 4.70. The first kappa shape index (κ1) is 15.4. The molecule has 5 nitrogen and oxygen atoms in total. The van der Waals surface area contributed by atoms with Crippen LogP contribution >= 0.6 is 0 Å². The predicted octanol–water partition coefficient (Wildman–Crippen LogP) is 3.35. The van der Waals surface area contributed by atoms with Gasteiger partial charge < -0.3 is 14.0 Å². The molecule has 4 rings (SSSR count). The van der Waals surface area contributed by atoms with E-state index in [0.717, 1.165) is 24.1 Å². The summed E-state index contributed by atoms with van der Waals surface area (Å²) in [5, 5.41) is 0. The summed E-state index contributed by atoms with van der Waals surface area (Å²) in [7, 11) is 2.04. The van der Waals surface area contributed by atoms with E-state index in [2.05, 4.69) is 57.3 Å². The van der Waals surface area contributed by atoms with Crippen molar-refractivity contribution in [3.8, 4) is 5.69 Å². The standard InChI is InChI=1S/C19H25N5/c1-14(2)23-9-6-15(7-10-23)19-20-8-11-24(19)16-4-5-17-18(12-16)22(3)13-21-17/h4-5,8,11-15H,6-7,9-10H2,1-3H3. The monoisotopic (exact) mass is 323 g/mol. The molecule has 1 aromatic carbocycles. The van der Waals surface area contributed by atoms with E-state index in [9.17, 15) is 0 Å². The lowest BCUT2D eigenvalue weighted by Crippen LogP contribution is -2.38. The number of piperidine rings is 1. The van der Waals surface area contributed by atoms with Crippen LogP contribution in [0.5, 0.6) is 0 Å². The van der Waals surface area contributed by atoms with E-state index in [1.54, 1.807) is 0 Å². The second-order valence-corrected chi connectivity index (χ2v) is 7.09. The number of aryl methyl sites for hydroxylation is 1. The molecule has 1 saturated heterocycles. The Labute approximate surface area is 142 Å². The van der Waals surface area contributed by atoms with Crippen molar-refractivity contribution in [3.05, 3.63) is 42.7 Å². The van der Waals surface area contributed by atoms with E-state index in [1.807, 2.05) is 19.6 Å². The minimum absolute atomic E-state index is 0.539. The van der Waals surface area contributed by atoms with Gasteiger partial charge >= 0.3 is 0 Å². The highest BCUT2D eigenvalue weighted by Gasteiger charge is 2.25. The van der Waals surface area contributed by atoms with Crippen LogP contribution in [-0.4, -0.2) is 43.1 Å². The van der Waals surface area contributed by atoms with Crippen LogP contribution < -0.4 is 0 Å². The first-order valence-electron chi connectivity index (χ1n) is 8.82. The van der Waals surface area contributed by atoms with E-state index in [4.69, 9.17) is 4.98 Å². The molecule has 24 heavy (non-hydrogen) atoms. The molecule has 3 heterocycles. The number of rotatable bonds is 3. The molecule has 5 heteroatoms. The lowest BCUT2D eigenvalue weighted by Gasteiger charge is -2.34. The van der Waals surface area contributed by atoms with Crippen molar-refractivity contribution < 1.29 is 0 Å². The van der Waals surface area contributed by atoms with Crippen LogP contribution in [0.15, 0.2) is 36.9 Å². The van der Waals surface area contributed by atoms with Crippen LogP contribution in [0.2, 0.25) is 0 Å². The Morgan fingerprint density at radius 1 is 1.12 bits per heavy atom. The summed E-state index contributed by atoms with van der Waals surface area (Å²) in [6, 6.07) is 7.08. The molecule has 0 atom stereocenters. The highest BCUT2D eigenvalue weighted by atomic mass is 15.2. The maximum absolute atomic E-state index is 4.70. The molecule has 0 unspecified atom stereocenters. The number of aromatic nitrogens is 4. The molecule has 126 valence electrons. The lowest BCUT2D eigenvalue weighted by molar-refractivity contribution is 0.169. The van der Waals surface area contributed by atoms with Crippen molar-refractivity contribution >= 4 is 11.0 Å². The molecule has 0 saturated carbocycles. The number of nitrogens with zero attached hydrogens (tertiary/aromatic N) is 5. The number of hydrogen-bond acceptors (Lipinski definition) is 3. The van der Waals surface area contributed by atoms with Gasteiger partial charge in [0.15, 0.2) is 0 Å². The first-order chi connectivity index (χ1) is 11.6. The van der Waals surface area contributed by atoms with Crippen molar-refractivity contribution in [1.82, 2.24) is 24.0 Å². The zero-order chi connectivity index (χ0) is 16.7. The smallest absolute Gasteiger partial charge is 0.116 e. The molecule has 0 amide bonds.